The molecule has 0 aliphatic rings. The second kappa shape index (κ2) is 10.3. The second-order valence-electron chi connectivity index (χ2n) is 6.65. The van der Waals surface area contributed by atoms with Crippen LogP contribution in [-0.4, -0.2) is 24.1 Å². The summed E-state index contributed by atoms with van der Waals surface area (Å²) in [7, 11) is 1.73. The van der Waals surface area contributed by atoms with E-state index < -0.39 is 0 Å². The topological polar surface area (TPSA) is 105 Å². The van der Waals surface area contributed by atoms with Crippen LogP contribution in [0.2, 0.25) is 0 Å². The van der Waals surface area contributed by atoms with Crippen molar-refractivity contribution in [2.75, 3.05) is 12.4 Å². The highest BCUT2D eigenvalue weighted by molar-refractivity contribution is 6.02. The molecule has 0 bridgehead atoms. The summed E-state index contributed by atoms with van der Waals surface area (Å²) in [6.07, 6.45) is 3.11. The highest BCUT2D eigenvalue weighted by Gasteiger charge is 2.13. The zero-order valence-corrected chi connectivity index (χ0v) is 17.5. The van der Waals surface area contributed by atoms with E-state index in [1.54, 1.807) is 19.2 Å². The molecule has 0 spiro atoms. The minimum Gasteiger partial charge on any atom is -0.459 e. The number of aliphatic imine (C=N–C) groups is 1. The van der Waals surface area contributed by atoms with Crippen molar-refractivity contribution in [2.24, 2.45) is 4.99 Å². The molecule has 0 fully saturated rings. The molecule has 2 heterocycles. The van der Waals surface area contributed by atoms with Crippen LogP contribution in [0, 0.1) is 0 Å². The van der Waals surface area contributed by atoms with E-state index in [0.29, 0.717) is 24.7 Å². The molecule has 8 heteroatoms. The fourth-order valence-electron chi connectivity index (χ4n) is 3.02. The highest BCUT2D eigenvalue weighted by Crippen LogP contribution is 2.15. The average Bonchev–Trinajstić information content (AvgIpc) is 3.44. The summed E-state index contributed by atoms with van der Waals surface area (Å²) in [6, 6.07) is 10.9. The lowest BCUT2D eigenvalue weighted by Gasteiger charge is -2.12. The predicted octanol–water partition coefficient (Wildman–Crippen LogP) is 3.51. The van der Waals surface area contributed by atoms with E-state index in [1.165, 1.54) is 6.26 Å². The number of carbonyl (C=O) groups is 1. The van der Waals surface area contributed by atoms with Gasteiger partial charge in [0.1, 0.15) is 5.76 Å². The van der Waals surface area contributed by atoms with E-state index in [4.69, 9.17) is 8.94 Å². The number of furan rings is 1. The number of carbonyl (C=O) groups excluding carboxylic acids is 1. The van der Waals surface area contributed by atoms with Crippen LogP contribution >= 0.6 is 0 Å². The van der Waals surface area contributed by atoms with Gasteiger partial charge in [-0.1, -0.05) is 31.1 Å². The largest absolute Gasteiger partial charge is 0.459 e. The van der Waals surface area contributed by atoms with Crippen LogP contribution < -0.4 is 16.0 Å². The second-order valence-corrected chi connectivity index (χ2v) is 6.65. The number of nitrogens with one attached hydrogen (secondary N) is 3. The van der Waals surface area contributed by atoms with Crippen molar-refractivity contribution >= 4 is 17.6 Å². The summed E-state index contributed by atoms with van der Waals surface area (Å²) in [5.41, 5.74) is 3.83. The van der Waals surface area contributed by atoms with Gasteiger partial charge in [-0.2, -0.15) is 0 Å². The lowest BCUT2D eigenvalue weighted by molar-refractivity contribution is 0.0996. The molecule has 3 aromatic rings. The van der Waals surface area contributed by atoms with Crippen molar-refractivity contribution < 1.29 is 13.7 Å². The molecular formula is C22H27N5O3. The fraction of sp³-hybridized carbons (Fsp3) is 0.318. The van der Waals surface area contributed by atoms with Crippen molar-refractivity contribution in [1.82, 2.24) is 15.8 Å². The van der Waals surface area contributed by atoms with Gasteiger partial charge < -0.3 is 24.9 Å². The van der Waals surface area contributed by atoms with Gasteiger partial charge in [-0.15, -0.1) is 0 Å². The molecule has 30 heavy (non-hydrogen) atoms. The highest BCUT2D eigenvalue weighted by atomic mass is 16.5. The lowest BCUT2D eigenvalue weighted by Crippen LogP contribution is -2.36. The molecule has 0 unspecified atom stereocenters. The Hall–Kier alpha value is -3.55. The van der Waals surface area contributed by atoms with Crippen molar-refractivity contribution in [3.05, 3.63) is 71.0 Å². The number of guanidine groups is 1. The molecular weight excluding hydrogens is 382 g/mol. The molecule has 8 nitrogen and oxygen atoms in total. The normalized spacial score (nSPS) is 11.4. The number of hydrogen-bond acceptors (Lipinski definition) is 5. The van der Waals surface area contributed by atoms with Gasteiger partial charge in [-0.25, -0.2) is 0 Å². The van der Waals surface area contributed by atoms with Crippen LogP contribution in [0.1, 0.15) is 47.0 Å². The fourth-order valence-corrected chi connectivity index (χ4v) is 3.02. The van der Waals surface area contributed by atoms with E-state index in [0.717, 1.165) is 35.4 Å². The van der Waals surface area contributed by atoms with Crippen LogP contribution in [-0.2, 0) is 25.9 Å². The van der Waals surface area contributed by atoms with Gasteiger partial charge in [-0.05, 0) is 36.2 Å². The molecule has 3 N–H and O–H groups in total. The Morgan fingerprint density at radius 2 is 1.83 bits per heavy atom. The predicted molar refractivity (Wildman–Crippen MR) is 115 cm³/mol. The third kappa shape index (κ3) is 5.28. The Kier molecular flexibility index (Phi) is 7.26. The number of amides is 1. The van der Waals surface area contributed by atoms with Crippen molar-refractivity contribution in [1.29, 1.82) is 0 Å². The first-order chi connectivity index (χ1) is 14.6. The third-order valence-electron chi connectivity index (χ3n) is 4.68. The molecule has 0 aliphatic heterocycles. The van der Waals surface area contributed by atoms with Crippen molar-refractivity contribution in [3.63, 3.8) is 0 Å². The number of hydrogen-bond donors (Lipinski definition) is 3. The maximum atomic E-state index is 12.0. The monoisotopic (exact) mass is 409 g/mol. The summed E-state index contributed by atoms with van der Waals surface area (Å²) in [5.74, 6) is 1.60. The molecule has 0 aliphatic carbocycles. The Balaban J connectivity index is 1.51. The SMILES string of the molecule is CCc1noc(CC)c1CNC(=NC)NCc1ccc(NC(=O)c2ccco2)cc1. The Labute approximate surface area is 175 Å². The van der Waals surface area contributed by atoms with Crippen molar-refractivity contribution in [2.45, 2.75) is 39.8 Å². The standard InChI is InChI=1S/C22H27N5O3/c1-4-18-17(19(5-2)30-27-18)14-25-22(23-3)24-13-15-8-10-16(11-9-15)26-21(28)20-7-6-12-29-20/h6-12H,4-5,13-14H2,1-3H3,(H,26,28)(H2,23,24,25). The molecule has 0 atom stereocenters. The van der Waals surface area contributed by atoms with E-state index in [2.05, 4.69) is 39.9 Å². The smallest absolute Gasteiger partial charge is 0.291 e. The maximum Gasteiger partial charge on any atom is 0.291 e. The maximum absolute atomic E-state index is 12.0. The number of anilines is 1. The average molecular weight is 409 g/mol. The van der Waals surface area contributed by atoms with Gasteiger partial charge in [0.2, 0.25) is 0 Å². The van der Waals surface area contributed by atoms with Gasteiger partial charge in [0, 0.05) is 37.8 Å². The summed E-state index contributed by atoms with van der Waals surface area (Å²) < 4.78 is 10.5. The summed E-state index contributed by atoms with van der Waals surface area (Å²) in [6.45, 7) is 5.32. The van der Waals surface area contributed by atoms with Crippen LogP contribution in [0.15, 0.2) is 56.6 Å². The number of benzene rings is 1. The molecule has 1 aromatic carbocycles. The van der Waals surface area contributed by atoms with Gasteiger partial charge in [0.05, 0.1) is 12.0 Å². The molecule has 0 saturated heterocycles. The number of aromatic nitrogens is 1. The minimum atomic E-state index is -0.276. The van der Waals surface area contributed by atoms with Crippen LogP contribution in [0.3, 0.4) is 0 Å². The Morgan fingerprint density at radius 1 is 1.07 bits per heavy atom. The van der Waals surface area contributed by atoms with E-state index in [9.17, 15) is 4.79 Å². The quantitative estimate of drug-likeness (QED) is 0.388. The van der Waals surface area contributed by atoms with Crippen LogP contribution in [0.25, 0.3) is 0 Å². The van der Waals surface area contributed by atoms with Gasteiger partial charge in [-0.3, -0.25) is 9.79 Å². The molecule has 0 saturated carbocycles. The first-order valence-corrected chi connectivity index (χ1v) is 9.99. The number of aryl methyl sites for hydroxylation is 2. The molecule has 0 radical (unpaired) electrons. The molecule has 3 rings (SSSR count). The summed E-state index contributed by atoms with van der Waals surface area (Å²) >= 11 is 0. The Morgan fingerprint density at radius 3 is 2.47 bits per heavy atom. The van der Waals surface area contributed by atoms with E-state index >= 15 is 0 Å². The van der Waals surface area contributed by atoms with Crippen LogP contribution in [0.4, 0.5) is 5.69 Å². The van der Waals surface area contributed by atoms with Gasteiger partial charge in [0.25, 0.3) is 5.91 Å². The van der Waals surface area contributed by atoms with Crippen molar-refractivity contribution in [3.8, 4) is 0 Å². The van der Waals surface area contributed by atoms with Crippen LogP contribution in [0.5, 0.6) is 0 Å². The lowest BCUT2D eigenvalue weighted by atomic mass is 10.1. The van der Waals surface area contributed by atoms with E-state index in [1.807, 2.05) is 24.3 Å². The number of rotatable bonds is 8. The first-order valence-electron chi connectivity index (χ1n) is 9.99. The first kappa shape index (κ1) is 21.2. The molecule has 1 amide bonds. The third-order valence-corrected chi connectivity index (χ3v) is 4.68. The van der Waals surface area contributed by atoms with E-state index in [-0.39, 0.29) is 11.7 Å². The van der Waals surface area contributed by atoms with Gasteiger partial charge in [0.15, 0.2) is 11.7 Å². The minimum absolute atomic E-state index is 0.276. The zero-order valence-electron chi connectivity index (χ0n) is 17.5. The number of nitrogens with zero attached hydrogens (tertiary/aromatic N) is 2. The Bertz CT molecular complexity index is 953. The van der Waals surface area contributed by atoms with Gasteiger partial charge >= 0.3 is 0 Å². The molecule has 2 aromatic heterocycles. The zero-order chi connectivity index (χ0) is 21.3. The summed E-state index contributed by atoms with van der Waals surface area (Å²) in [5, 5.41) is 13.5. The summed E-state index contributed by atoms with van der Waals surface area (Å²) in [4.78, 5) is 16.3. The molecule has 158 valence electrons.